The minimum atomic E-state index is 0.893. The van der Waals surface area contributed by atoms with Crippen molar-refractivity contribution in [1.82, 2.24) is 0 Å². The van der Waals surface area contributed by atoms with Crippen molar-refractivity contribution >= 4 is 17.3 Å². The summed E-state index contributed by atoms with van der Waals surface area (Å²) in [4.78, 5) is 4.67. The van der Waals surface area contributed by atoms with Gasteiger partial charge < -0.3 is 0 Å². The van der Waals surface area contributed by atoms with Gasteiger partial charge in [0, 0.05) is 22.9 Å². The summed E-state index contributed by atoms with van der Waals surface area (Å²) < 4.78 is 0. The molecule has 1 nitrogen and oxygen atoms in total. The van der Waals surface area contributed by atoms with Gasteiger partial charge in [0.15, 0.2) is 0 Å². The van der Waals surface area contributed by atoms with E-state index >= 15 is 0 Å². The lowest BCUT2D eigenvalue weighted by atomic mass is 10.0. The van der Waals surface area contributed by atoms with Gasteiger partial charge in [-0.2, -0.15) is 0 Å². The molecule has 0 amide bonds. The molecule has 1 rings (SSSR count). The summed E-state index contributed by atoms with van der Waals surface area (Å²) in [6.07, 6.45) is 5.39. The smallest absolute Gasteiger partial charge is 0.0419 e. The fourth-order valence-corrected chi connectivity index (χ4v) is 2.46. The van der Waals surface area contributed by atoms with E-state index in [1.54, 1.807) is 0 Å². The zero-order chi connectivity index (χ0) is 12.1. The number of halogens is 1. The molecule has 0 aliphatic carbocycles. The van der Waals surface area contributed by atoms with Gasteiger partial charge in [-0.3, -0.25) is 4.99 Å². The third-order valence-corrected chi connectivity index (χ3v) is 3.55. The SMILES string of the molecule is CCCCC1=C(Cl)CC(CC)=C(C)N=C1C. The monoisotopic (exact) mass is 239 g/mol. The molecule has 1 heterocycles. The quantitative estimate of drug-likeness (QED) is 0.638. The Morgan fingerprint density at radius 1 is 1.25 bits per heavy atom. The molecule has 0 spiro atoms. The predicted octanol–water partition coefficient (Wildman–Crippen LogP) is 5.22. The van der Waals surface area contributed by atoms with Crippen LogP contribution in [0.4, 0.5) is 0 Å². The fraction of sp³-hybridized carbons (Fsp3) is 0.643. The van der Waals surface area contributed by atoms with Crippen LogP contribution < -0.4 is 0 Å². The van der Waals surface area contributed by atoms with Gasteiger partial charge in [-0.25, -0.2) is 0 Å². The maximum Gasteiger partial charge on any atom is 0.0419 e. The molecule has 90 valence electrons. The van der Waals surface area contributed by atoms with Gasteiger partial charge in [0.25, 0.3) is 0 Å². The maximum absolute atomic E-state index is 6.42. The summed E-state index contributed by atoms with van der Waals surface area (Å²) in [6, 6.07) is 0. The lowest BCUT2D eigenvalue weighted by Gasteiger charge is -2.08. The fourth-order valence-electron chi connectivity index (χ4n) is 2.07. The van der Waals surface area contributed by atoms with Gasteiger partial charge in [0.1, 0.15) is 0 Å². The normalized spacial score (nSPS) is 17.7. The Bertz CT molecular complexity index is 348. The van der Waals surface area contributed by atoms with Crippen LogP contribution in [0, 0.1) is 0 Å². The Hall–Kier alpha value is -0.560. The Morgan fingerprint density at radius 3 is 2.50 bits per heavy atom. The van der Waals surface area contributed by atoms with E-state index in [1.807, 2.05) is 0 Å². The minimum absolute atomic E-state index is 0.893. The minimum Gasteiger partial charge on any atom is -0.258 e. The van der Waals surface area contributed by atoms with E-state index in [2.05, 4.69) is 32.7 Å². The number of rotatable bonds is 4. The second kappa shape index (κ2) is 6.24. The van der Waals surface area contributed by atoms with Crippen molar-refractivity contribution in [2.24, 2.45) is 4.99 Å². The van der Waals surface area contributed by atoms with E-state index in [-0.39, 0.29) is 0 Å². The predicted molar refractivity (Wildman–Crippen MR) is 73.1 cm³/mol. The van der Waals surface area contributed by atoms with Crippen molar-refractivity contribution in [3.8, 4) is 0 Å². The molecule has 0 saturated carbocycles. The van der Waals surface area contributed by atoms with Crippen LogP contribution in [0.15, 0.2) is 26.9 Å². The van der Waals surface area contributed by atoms with Crippen molar-refractivity contribution < 1.29 is 0 Å². The summed E-state index contributed by atoms with van der Waals surface area (Å²) in [5.74, 6) is 0. The number of unbranched alkanes of at least 4 members (excludes halogenated alkanes) is 1. The molecule has 0 aromatic rings. The second-order valence-electron chi connectivity index (χ2n) is 4.40. The molecule has 0 bridgehead atoms. The average molecular weight is 240 g/mol. The highest BCUT2D eigenvalue weighted by Crippen LogP contribution is 2.30. The Labute approximate surface area is 104 Å². The van der Waals surface area contributed by atoms with Crippen LogP contribution >= 0.6 is 11.6 Å². The molecule has 1 aliphatic heterocycles. The standard InChI is InChI=1S/C14H22ClN/c1-5-7-8-13-11(4)16-10(3)12(6-2)9-14(13)15/h5-9H2,1-4H3. The first-order valence-electron chi connectivity index (χ1n) is 6.21. The molecule has 0 N–H and O–H groups in total. The van der Waals surface area contributed by atoms with Crippen molar-refractivity contribution in [3.63, 3.8) is 0 Å². The molecule has 0 fully saturated rings. The van der Waals surface area contributed by atoms with Crippen molar-refractivity contribution in [2.75, 3.05) is 0 Å². The molecular formula is C14H22ClN. The Morgan fingerprint density at radius 2 is 1.94 bits per heavy atom. The number of hydrogen-bond donors (Lipinski definition) is 0. The number of allylic oxidation sites excluding steroid dienone is 4. The third kappa shape index (κ3) is 3.21. The van der Waals surface area contributed by atoms with Crippen LogP contribution in [-0.2, 0) is 0 Å². The molecule has 0 aromatic carbocycles. The number of hydrogen-bond acceptors (Lipinski definition) is 1. The van der Waals surface area contributed by atoms with E-state index in [0.717, 1.165) is 35.7 Å². The van der Waals surface area contributed by atoms with Gasteiger partial charge in [-0.05, 0) is 44.3 Å². The Kier molecular flexibility index (Phi) is 5.27. The lowest BCUT2D eigenvalue weighted by Crippen LogP contribution is -1.99. The highest BCUT2D eigenvalue weighted by molar-refractivity contribution is 6.32. The average Bonchev–Trinajstić information content (AvgIpc) is 2.34. The van der Waals surface area contributed by atoms with Gasteiger partial charge in [-0.1, -0.05) is 31.9 Å². The van der Waals surface area contributed by atoms with Crippen molar-refractivity contribution in [1.29, 1.82) is 0 Å². The van der Waals surface area contributed by atoms with E-state index in [0.29, 0.717) is 0 Å². The van der Waals surface area contributed by atoms with Gasteiger partial charge >= 0.3 is 0 Å². The Balaban J connectivity index is 2.98. The zero-order valence-electron chi connectivity index (χ0n) is 10.9. The first kappa shape index (κ1) is 13.5. The molecule has 0 aromatic heterocycles. The van der Waals surface area contributed by atoms with E-state index < -0.39 is 0 Å². The molecular weight excluding hydrogens is 218 g/mol. The molecule has 0 saturated heterocycles. The zero-order valence-corrected chi connectivity index (χ0v) is 11.6. The number of aliphatic imine (C=N–C) groups is 1. The van der Waals surface area contributed by atoms with E-state index in [1.165, 1.54) is 24.0 Å². The van der Waals surface area contributed by atoms with Crippen LogP contribution in [0.3, 0.4) is 0 Å². The molecule has 16 heavy (non-hydrogen) atoms. The molecule has 0 unspecified atom stereocenters. The third-order valence-electron chi connectivity index (χ3n) is 3.19. The van der Waals surface area contributed by atoms with Crippen LogP contribution in [0.2, 0.25) is 0 Å². The van der Waals surface area contributed by atoms with Crippen LogP contribution in [-0.4, -0.2) is 5.71 Å². The summed E-state index contributed by atoms with van der Waals surface area (Å²) in [5, 5.41) is 1.00. The lowest BCUT2D eigenvalue weighted by molar-refractivity contribution is 0.798. The first-order valence-corrected chi connectivity index (χ1v) is 6.59. The molecule has 2 heteroatoms. The highest BCUT2D eigenvalue weighted by Gasteiger charge is 2.14. The van der Waals surface area contributed by atoms with Crippen molar-refractivity contribution in [3.05, 3.63) is 21.9 Å². The molecule has 1 aliphatic rings. The number of nitrogens with zero attached hydrogens (tertiary/aromatic N) is 1. The first-order chi connectivity index (χ1) is 7.60. The van der Waals surface area contributed by atoms with E-state index in [4.69, 9.17) is 11.6 Å². The second-order valence-corrected chi connectivity index (χ2v) is 4.86. The maximum atomic E-state index is 6.42. The largest absolute Gasteiger partial charge is 0.258 e. The van der Waals surface area contributed by atoms with Crippen LogP contribution in [0.1, 0.15) is 59.8 Å². The van der Waals surface area contributed by atoms with Gasteiger partial charge in [0.05, 0.1) is 0 Å². The summed E-state index contributed by atoms with van der Waals surface area (Å²) in [6.45, 7) is 8.55. The molecule has 0 atom stereocenters. The topological polar surface area (TPSA) is 12.4 Å². The highest BCUT2D eigenvalue weighted by atomic mass is 35.5. The molecule has 0 radical (unpaired) electrons. The van der Waals surface area contributed by atoms with Crippen LogP contribution in [0.25, 0.3) is 0 Å². The summed E-state index contributed by atoms with van der Waals surface area (Å²) >= 11 is 6.42. The van der Waals surface area contributed by atoms with E-state index in [9.17, 15) is 0 Å². The van der Waals surface area contributed by atoms with Gasteiger partial charge in [-0.15, -0.1) is 0 Å². The summed E-state index contributed by atoms with van der Waals surface area (Å²) in [5.41, 5.74) is 4.91. The van der Waals surface area contributed by atoms with Gasteiger partial charge in [0.2, 0.25) is 0 Å². The van der Waals surface area contributed by atoms with Crippen LogP contribution in [0.5, 0.6) is 0 Å². The van der Waals surface area contributed by atoms with Crippen molar-refractivity contribution in [2.45, 2.75) is 59.8 Å². The summed E-state index contributed by atoms with van der Waals surface area (Å²) in [7, 11) is 0.